The second-order valence-corrected chi connectivity index (χ2v) is 7.64. The van der Waals surface area contributed by atoms with Gasteiger partial charge in [0.15, 0.2) is 5.96 Å². The van der Waals surface area contributed by atoms with Crippen LogP contribution in [0.3, 0.4) is 0 Å². The number of aliphatic hydroxyl groups is 1. The smallest absolute Gasteiger partial charge is 0.191 e. The summed E-state index contributed by atoms with van der Waals surface area (Å²) in [4.78, 5) is 4.56. The maximum absolute atomic E-state index is 9.88. The number of nitrogens with zero attached hydrogens (tertiary/aromatic N) is 1. The van der Waals surface area contributed by atoms with Gasteiger partial charge in [-0.2, -0.15) is 11.8 Å². The van der Waals surface area contributed by atoms with Crippen LogP contribution in [0.2, 0.25) is 0 Å². The molecule has 0 radical (unpaired) electrons. The predicted molar refractivity (Wildman–Crippen MR) is 109 cm³/mol. The number of nitrogens with one attached hydrogen (secondary N) is 2. The second kappa shape index (κ2) is 13.7. The molecule has 134 valence electrons. The van der Waals surface area contributed by atoms with Gasteiger partial charge >= 0.3 is 0 Å². The third-order valence-electron chi connectivity index (χ3n) is 2.78. The maximum atomic E-state index is 9.88. The summed E-state index contributed by atoms with van der Waals surface area (Å²) in [7, 11) is 0. The summed E-state index contributed by atoms with van der Waals surface area (Å²) in [6.07, 6.45) is 1.56. The average Bonchev–Trinajstić information content (AvgIpc) is 2.41. The minimum Gasteiger partial charge on any atom is -0.389 e. The molecule has 3 N–H and O–H groups in total. The number of rotatable bonds is 10. The highest BCUT2D eigenvalue weighted by molar-refractivity contribution is 14.0. The number of thioether (sulfide) groups is 1. The molecule has 0 aromatic carbocycles. The molecule has 0 saturated carbocycles. The Balaban J connectivity index is 0. The van der Waals surface area contributed by atoms with E-state index in [0.717, 1.165) is 19.0 Å². The van der Waals surface area contributed by atoms with Gasteiger partial charge in [0.2, 0.25) is 0 Å². The van der Waals surface area contributed by atoms with E-state index in [1.807, 2.05) is 6.92 Å². The van der Waals surface area contributed by atoms with Gasteiger partial charge in [-0.3, -0.25) is 4.99 Å². The molecule has 22 heavy (non-hydrogen) atoms. The first-order chi connectivity index (χ1) is 9.80. The summed E-state index contributed by atoms with van der Waals surface area (Å²) in [5.74, 6) is 1.22. The summed E-state index contributed by atoms with van der Waals surface area (Å²) >= 11 is 1.79. The zero-order valence-electron chi connectivity index (χ0n) is 14.8. The fraction of sp³-hybridized carbons (Fsp3) is 0.933. The molecule has 0 rings (SSSR count). The second-order valence-electron chi connectivity index (χ2n) is 6.13. The van der Waals surface area contributed by atoms with Crippen molar-refractivity contribution in [1.82, 2.24) is 10.6 Å². The fourth-order valence-corrected chi connectivity index (χ4v) is 1.58. The van der Waals surface area contributed by atoms with Gasteiger partial charge in [0.25, 0.3) is 0 Å². The van der Waals surface area contributed by atoms with Crippen molar-refractivity contribution < 1.29 is 9.84 Å². The van der Waals surface area contributed by atoms with E-state index < -0.39 is 6.10 Å². The molecule has 0 aliphatic rings. The van der Waals surface area contributed by atoms with Crippen LogP contribution in [0.15, 0.2) is 4.99 Å². The Kier molecular flexibility index (Phi) is 15.3. The number of guanidine groups is 1. The molecule has 0 heterocycles. The van der Waals surface area contributed by atoms with Crippen LogP contribution in [0.1, 0.15) is 34.6 Å². The Labute approximate surface area is 157 Å². The van der Waals surface area contributed by atoms with Crippen LogP contribution in [0, 0.1) is 5.92 Å². The van der Waals surface area contributed by atoms with Crippen molar-refractivity contribution in [2.45, 2.75) is 45.5 Å². The van der Waals surface area contributed by atoms with Crippen molar-refractivity contribution in [3.8, 4) is 0 Å². The molecular weight excluding hydrogens is 413 g/mol. The molecule has 0 aromatic heterocycles. The van der Waals surface area contributed by atoms with E-state index in [0.29, 0.717) is 25.7 Å². The van der Waals surface area contributed by atoms with Crippen molar-refractivity contribution in [3.05, 3.63) is 0 Å². The number of hydrogen-bond donors (Lipinski definition) is 3. The fourth-order valence-electron chi connectivity index (χ4n) is 1.39. The van der Waals surface area contributed by atoms with E-state index in [2.05, 4.69) is 49.6 Å². The molecule has 0 aromatic rings. The van der Waals surface area contributed by atoms with Gasteiger partial charge in [-0.25, -0.2) is 0 Å². The van der Waals surface area contributed by atoms with Gasteiger partial charge in [0.1, 0.15) is 0 Å². The quantitative estimate of drug-likeness (QED) is 0.273. The van der Waals surface area contributed by atoms with Crippen LogP contribution in [0.4, 0.5) is 0 Å². The van der Waals surface area contributed by atoms with Crippen LogP contribution in [0.5, 0.6) is 0 Å². The molecule has 1 unspecified atom stereocenters. The van der Waals surface area contributed by atoms with E-state index in [1.165, 1.54) is 0 Å². The number of ether oxygens (including phenoxy) is 1. The Morgan fingerprint density at radius 2 is 1.91 bits per heavy atom. The summed E-state index contributed by atoms with van der Waals surface area (Å²) in [5, 5.41) is 16.2. The number of hydrogen-bond acceptors (Lipinski definition) is 4. The Hall–Kier alpha value is 0.270. The average molecular weight is 447 g/mol. The molecular formula is C15H34IN3O2S. The van der Waals surface area contributed by atoms with Crippen molar-refractivity contribution in [1.29, 1.82) is 0 Å². The number of aliphatic imine (C=N–C) groups is 1. The molecule has 0 amide bonds. The lowest BCUT2D eigenvalue weighted by Gasteiger charge is -2.21. The maximum Gasteiger partial charge on any atom is 0.191 e. The molecule has 0 aliphatic heterocycles. The van der Waals surface area contributed by atoms with Crippen LogP contribution < -0.4 is 10.6 Å². The largest absolute Gasteiger partial charge is 0.389 e. The lowest BCUT2D eigenvalue weighted by Crippen LogP contribution is -2.43. The van der Waals surface area contributed by atoms with Gasteiger partial charge in [-0.05, 0) is 32.9 Å². The van der Waals surface area contributed by atoms with Gasteiger partial charge in [-0.1, -0.05) is 13.8 Å². The molecule has 0 saturated heterocycles. The first-order valence-corrected chi connectivity index (χ1v) is 8.86. The SMILES string of the molecule is CCNC(=NCC(C)(C)SC)NCC(O)COCC(C)C.I. The first-order valence-electron chi connectivity index (χ1n) is 7.63. The predicted octanol–water partition coefficient (Wildman–Crippen LogP) is 2.33. The van der Waals surface area contributed by atoms with E-state index >= 15 is 0 Å². The normalized spacial score (nSPS) is 13.7. The van der Waals surface area contributed by atoms with Crippen LogP contribution in [-0.2, 0) is 4.74 Å². The van der Waals surface area contributed by atoms with E-state index in [1.54, 1.807) is 11.8 Å². The lowest BCUT2D eigenvalue weighted by molar-refractivity contribution is 0.0280. The van der Waals surface area contributed by atoms with Crippen molar-refractivity contribution in [2.75, 3.05) is 39.1 Å². The van der Waals surface area contributed by atoms with Crippen molar-refractivity contribution in [2.24, 2.45) is 10.9 Å². The zero-order chi connectivity index (χ0) is 16.3. The number of halogens is 1. The van der Waals surface area contributed by atoms with Crippen LogP contribution in [0.25, 0.3) is 0 Å². The standard InChI is InChI=1S/C15H33N3O2S.HI/c1-7-16-14(18-11-15(4,5)21-6)17-8-13(19)10-20-9-12(2)3;/h12-13,19H,7-11H2,1-6H3,(H2,16,17,18);1H. The summed E-state index contributed by atoms with van der Waals surface area (Å²) in [6, 6.07) is 0. The highest BCUT2D eigenvalue weighted by atomic mass is 127. The summed E-state index contributed by atoms with van der Waals surface area (Å²) < 4.78 is 5.54. The Morgan fingerprint density at radius 3 is 2.41 bits per heavy atom. The minimum atomic E-state index is -0.527. The highest BCUT2D eigenvalue weighted by Gasteiger charge is 2.15. The number of aliphatic hydroxyl groups excluding tert-OH is 1. The van der Waals surface area contributed by atoms with E-state index in [9.17, 15) is 5.11 Å². The molecule has 0 aliphatic carbocycles. The molecule has 1 atom stereocenters. The Bertz CT molecular complexity index is 303. The molecule has 5 nitrogen and oxygen atoms in total. The summed E-state index contributed by atoms with van der Waals surface area (Å²) in [6.45, 7) is 13.5. The van der Waals surface area contributed by atoms with E-state index in [-0.39, 0.29) is 28.7 Å². The highest BCUT2D eigenvalue weighted by Crippen LogP contribution is 2.20. The lowest BCUT2D eigenvalue weighted by atomic mass is 10.2. The van der Waals surface area contributed by atoms with Gasteiger partial charge < -0.3 is 20.5 Å². The molecule has 0 bridgehead atoms. The summed E-state index contributed by atoms with van der Waals surface area (Å²) in [5.41, 5.74) is 0. The van der Waals surface area contributed by atoms with Gasteiger partial charge in [-0.15, -0.1) is 24.0 Å². The third-order valence-corrected chi connectivity index (χ3v) is 4.02. The monoisotopic (exact) mass is 447 g/mol. The topological polar surface area (TPSA) is 65.9 Å². The van der Waals surface area contributed by atoms with Crippen LogP contribution in [-0.4, -0.2) is 61.0 Å². The van der Waals surface area contributed by atoms with Crippen molar-refractivity contribution >= 4 is 41.7 Å². The Morgan fingerprint density at radius 1 is 1.27 bits per heavy atom. The first kappa shape index (κ1) is 24.5. The van der Waals surface area contributed by atoms with Crippen molar-refractivity contribution in [3.63, 3.8) is 0 Å². The van der Waals surface area contributed by atoms with Gasteiger partial charge in [0.05, 0.1) is 19.3 Å². The van der Waals surface area contributed by atoms with Gasteiger partial charge in [0, 0.05) is 24.4 Å². The molecule has 0 fully saturated rings. The molecule has 7 heteroatoms. The van der Waals surface area contributed by atoms with Crippen LogP contribution >= 0.6 is 35.7 Å². The van der Waals surface area contributed by atoms with E-state index in [4.69, 9.17) is 4.74 Å². The third kappa shape index (κ3) is 13.9. The minimum absolute atomic E-state index is 0. The zero-order valence-corrected chi connectivity index (χ0v) is 18.0. The molecule has 0 spiro atoms.